The summed E-state index contributed by atoms with van der Waals surface area (Å²) >= 11 is 4.39. The highest BCUT2D eigenvalue weighted by Crippen LogP contribution is 2.53. The van der Waals surface area contributed by atoms with Crippen molar-refractivity contribution < 1.29 is 18.3 Å². The van der Waals surface area contributed by atoms with Gasteiger partial charge in [-0.25, -0.2) is 13.8 Å². The van der Waals surface area contributed by atoms with Crippen LogP contribution in [0, 0.1) is 19.3 Å². The zero-order chi connectivity index (χ0) is 29.1. The Balaban J connectivity index is 1.40. The summed E-state index contributed by atoms with van der Waals surface area (Å²) in [5.41, 5.74) is 9.59. The molecule has 2 heterocycles. The van der Waals surface area contributed by atoms with Crippen LogP contribution in [0.2, 0.25) is 0 Å². The molecule has 10 heteroatoms. The zero-order valence-electron chi connectivity index (χ0n) is 23.5. The Morgan fingerprint density at radius 1 is 1.10 bits per heavy atom. The summed E-state index contributed by atoms with van der Waals surface area (Å²) in [5, 5.41) is 0. The number of nitrogen functional groups attached to an aromatic ring is 1. The second kappa shape index (κ2) is 12.3. The van der Waals surface area contributed by atoms with Crippen LogP contribution in [-0.2, 0) is 0 Å². The lowest BCUT2D eigenvalue weighted by Gasteiger charge is -2.35. The number of ether oxygens (including phenoxy) is 1. The number of nitrogens with zero attached hydrogens (tertiary/aromatic N) is 4. The van der Waals surface area contributed by atoms with E-state index < -0.39 is 17.9 Å². The monoisotopic (exact) mass is 581 g/mol. The topological polar surface area (TPSA) is 84.6 Å². The van der Waals surface area contributed by atoms with Gasteiger partial charge in [0.05, 0.1) is 12.2 Å². The number of benzene rings is 2. The normalized spacial score (nSPS) is 19.1. The van der Waals surface area contributed by atoms with Crippen LogP contribution in [0.4, 0.5) is 14.7 Å². The fourth-order valence-electron chi connectivity index (χ4n) is 5.68. The maximum absolute atomic E-state index is 13.6. The third-order valence-corrected chi connectivity index (χ3v) is 8.47. The molecule has 0 bridgehead atoms. The number of rotatable bonds is 8. The molecule has 1 saturated heterocycles. The average molecular weight is 582 g/mol. The highest BCUT2D eigenvalue weighted by Gasteiger charge is 2.50. The molecule has 1 aliphatic carbocycles. The molecule has 1 amide bonds. The molecule has 3 aromatic rings. The van der Waals surface area contributed by atoms with Gasteiger partial charge in [-0.2, -0.15) is 4.98 Å². The number of hydrogen-bond acceptors (Lipinski definition) is 7. The molecule has 1 atom stereocenters. The first-order valence-corrected chi connectivity index (χ1v) is 14.5. The van der Waals surface area contributed by atoms with E-state index >= 15 is 0 Å². The van der Waals surface area contributed by atoms with Crippen LogP contribution in [0.1, 0.15) is 47.2 Å². The standard InChI is InChI=1S/C31H37F2N5O2S/c1-20-6-3-7-21(2)27(20)25-17-26(36-30(34)35-25)40-23-18-37(15-12-31(10-11-31)29(32)33)13-5-14-38(19-23)28(39)22-8-4-9-24(41)16-22/h3-4,6-9,16-17,23,29,41H,5,10-15,18-19H2,1-2H3,(H2,34,35,36). The van der Waals surface area contributed by atoms with Crippen molar-refractivity contribution in [1.29, 1.82) is 0 Å². The molecule has 7 nitrogen and oxygen atoms in total. The van der Waals surface area contributed by atoms with Gasteiger partial charge in [0.15, 0.2) is 0 Å². The van der Waals surface area contributed by atoms with E-state index in [0.29, 0.717) is 74.0 Å². The van der Waals surface area contributed by atoms with Crippen molar-refractivity contribution in [2.45, 2.75) is 57.0 Å². The summed E-state index contributed by atoms with van der Waals surface area (Å²) < 4.78 is 33.7. The molecule has 1 aliphatic heterocycles. The van der Waals surface area contributed by atoms with Crippen LogP contribution >= 0.6 is 12.6 Å². The number of nitrogens with two attached hydrogens (primary N) is 1. The molecule has 1 saturated carbocycles. The summed E-state index contributed by atoms with van der Waals surface area (Å²) in [6.07, 6.45) is -0.421. The van der Waals surface area contributed by atoms with Crippen LogP contribution in [0.5, 0.6) is 5.88 Å². The van der Waals surface area contributed by atoms with E-state index in [4.69, 9.17) is 10.5 Å². The molecule has 0 spiro atoms. The number of aromatic nitrogens is 2. The van der Waals surface area contributed by atoms with Gasteiger partial charge in [0, 0.05) is 40.6 Å². The number of aryl methyl sites for hydroxylation is 2. The van der Waals surface area contributed by atoms with Gasteiger partial charge in [-0.3, -0.25) is 9.69 Å². The SMILES string of the molecule is Cc1cccc(C)c1-c1cc(OC2CN(CCC3(C(F)F)CC3)CCCN(C(=O)c3cccc(S)c3)C2)nc(N)n1. The second-order valence-corrected chi connectivity index (χ2v) is 11.8. The fourth-order valence-corrected chi connectivity index (χ4v) is 5.91. The van der Waals surface area contributed by atoms with Crippen LogP contribution in [0.25, 0.3) is 11.3 Å². The third-order valence-electron chi connectivity index (χ3n) is 8.19. The van der Waals surface area contributed by atoms with Gasteiger partial charge < -0.3 is 15.4 Å². The second-order valence-electron chi connectivity index (χ2n) is 11.3. The molecule has 2 N–H and O–H groups in total. The van der Waals surface area contributed by atoms with Gasteiger partial charge in [-0.15, -0.1) is 12.6 Å². The summed E-state index contributed by atoms with van der Waals surface area (Å²) in [6.45, 7) is 6.57. The smallest absolute Gasteiger partial charge is 0.254 e. The molecule has 2 aromatic carbocycles. The highest BCUT2D eigenvalue weighted by atomic mass is 32.1. The van der Waals surface area contributed by atoms with Crippen molar-refractivity contribution in [3.05, 3.63) is 65.2 Å². The minimum atomic E-state index is -2.30. The Kier molecular flexibility index (Phi) is 8.79. The van der Waals surface area contributed by atoms with E-state index in [-0.39, 0.29) is 11.9 Å². The minimum Gasteiger partial charge on any atom is -0.471 e. The van der Waals surface area contributed by atoms with E-state index in [1.807, 2.05) is 44.2 Å². The molecular formula is C31H37F2N5O2S. The number of amides is 1. The molecule has 5 rings (SSSR count). The van der Waals surface area contributed by atoms with Crippen molar-refractivity contribution in [2.75, 3.05) is 38.5 Å². The van der Waals surface area contributed by atoms with Crippen molar-refractivity contribution in [3.63, 3.8) is 0 Å². The number of halogens is 2. The van der Waals surface area contributed by atoms with Crippen LogP contribution in [-0.4, -0.2) is 70.9 Å². The molecule has 2 fully saturated rings. The Labute approximate surface area is 245 Å². The average Bonchev–Trinajstić information content (AvgIpc) is 3.70. The Hall–Kier alpha value is -3.24. The summed E-state index contributed by atoms with van der Waals surface area (Å²) in [5.74, 6) is 0.307. The van der Waals surface area contributed by atoms with Crippen molar-refractivity contribution >= 4 is 24.5 Å². The minimum absolute atomic E-state index is 0.0917. The fraction of sp³-hybridized carbons (Fsp3) is 0.452. The third kappa shape index (κ3) is 6.98. The lowest BCUT2D eigenvalue weighted by molar-refractivity contribution is 0.0329. The maximum Gasteiger partial charge on any atom is 0.254 e. The van der Waals surface area contributed by atoms with Crippen molar-refractivity contribution in [3.8, 4) is 17.1 Å². The van der Waals surface area contributed by atoms with Crippen LogP contribution in [0.3, 0.4) is 0 Å². The van der Waals surface area contributed by atoms with E-state index in [1.54, 1.807) is 23.1 Å². The molecule has 218 valence electrons. The first-order valence-electron chi connectivity index (χ1n) is 14.1. The Bertz CT molecular complexity index is 1380. The summed E-state index contributed by atoms with van der Waals surface area (Å²) in [4.78, 5) is 27.0. The quantitative estimate of drug-likeness (QED) is 0.334. The molecule has 0 radical (unpaired) electrons. The highest BCUT2D eigenvalue weighted by molar-refractivity contribution is 7.80. The number of alkyl halides is 2. The van der Waals surface area contributed by atoms with Gasteiger partial charge >= 0.3 is 0 Å². The van der Waals surface area contributed by atoms with Gasteiger partial charge in [-0.1, -0.05) is 24.3 Å². The van der Waals surface area contributed by atoms with E-state index in [9.17, 15) is 13.6 Å². The van der Waals surface area contributed by atoms with Crippen LogP contribution < -0.4 is 10.5 Å². The van der Waals surface area contributed by atoms with E-state index in [0.717, 1.165) is 23.1 Å². The van der Waals surface area contributed by atoms with E-state index in [2.05, 4.69) is 27.5 Å². The zero-order valence-corrected chi connectivity index (χ0v) is 24.4. The number of hydrogen-bond donors (Lipinski definition) is 2. The van der Waals surface area contributed by atoms with Crippen molar-refractivity contribution in [2.24, 2.45) is 5.41 Å². The summed E-state index contributed by atoms with van der Waals surface area (Å²) in [6, 6.07) is 15.0. The predicted octanol–water partition coefficient (Wildman–Crippen LogP) is 5.66. The first-order chi connectivity index (χ1) is 19.6. The number of carbonyl (C=O) groups is 1. The Morgan fingerprint density at radius 3 is 2.51 bits per heavy atom. The predicted molar refractivity (Wildman–Crippen MR) is 159 cm³/mol. The van der Waals surface area contributed by atoms with Gasteiger partial charge in [0.25, 0.3) is 5.91 Å². The molecule has 1 aromatic heterocycles. The van der Waals surface area contributed by atoms with Crippen molar-refractivity contribution in [1.82, 2.24) is 19.8 Å². The first kappa shape index (κ1) is 29.3. The number of thiol groups is 1. The van der Waals surface area contributed by atoms with Gasteiger partial charge in [-0.05, 0) is 81.9 Å². The number of anilines is 1. The summed E-state index contributed by atoms with van der Waals surface area (Å²) in [7, 11) is 0. The van der Waals surface area contributed by atoms with E-state index in [1.165, 1.54) is 0 Å². The largest absolute Gasteiger partial charge is 0.471 e. The lowest BCUT2D eigenvalue weighted by atomic mass is 10.00. The van der Waals surface area contributed by atoms with Crippen LogP contribution in [0.15, 0.2) is 53.4 Å². The maximum atomic E-state index is 13.6. The number of carbonyl (C=O) groups excluding carboxylic acids is 1. The Morgan fingerprint density at radius 2 is 1.83 bits per heavy atom. The molecular weight excluding hydrogens is 544 g/mol. The molecule has 1 unspecified atom stereocenters. The molecule has 2 aliphatic rings. The molecule has 41 heavy (non-hydrogen) atoms. The van der Waals surface area contributed by atoms with Gasteiger partial charge in [0.2, 0.25) is 18.3 Å². The lowest BCUT2D eigenvalue weighted by Crippen LogP contribution is -2.49. The van der Waals surface area contributed by atoms with Gasteiger partial charge in [0.1, 0.15) is 6.10 Å².